The second-order valence-corrected chi connectivity index (χ2v) is 8.59. The van der Waals surface area contributed by atoms with Gasteiger partial charge in [-0.25, -0.2) is 8.42 Å². The second kappa shape index (κ2) is 8.06. The van der Waals surface area contributed by atoms with E-state index in [-0.39, 0.29) is 17.3 Å². The molecule has 1 aromatic heterocycles. The van der Waals surface area contributed by atoms with Gasteiger partial charge in [-0.05, 0) is 37.5 Å². The number of benzene rings is 1. The van der Waals surface area contributed by atoms with E-state index in [9.17, 15) is 18.0 Å². The Bertz CT molecular complexity index is 975. The molecule has 1 saturated heterocycles. The number of carbonyl (C=O) groups is 1. The first-order valence-electron chi connectivity index (χ1n) is 8.90. The first-order chi connectivity index (χ1) is 12.9. The largest absolute Gasteiger partial charge is 0.350 e. The molecular weight excluding hydrogens is 366 g/mol. The smallest absolute Gasteiger partial charge is 0.271 e. The maximum absolute atomic E-state index is 12.6. The Hall–Kier alpha value is -2.45. The van der Waals surface area contributed by atoms with Gasteiger partial charge in [0, 0.05) is 25.8 Å². The highest BCUT2D eigenvalue weighted by atomic mass is 32.2. The molecule has 0 bridgehead atoms. The van der Waals surface area contributed by atoms with Crippen LogP contribution >= 0.6 is 0 Å². The van der Waals surface area contributed by atoms with Crippen molar-refractivity contribution in [2.45, 2.75) is 37.8 Å². The molecule has 1 aromatic carbocycles. The van der Waals surface area contributed by atoms with E-state index in [1.165, 1.54) is 22.6 Å². The van der Waals surface area contributed by atoms with Gasteiger partial charge in [-0.3, -0.25) is 9.59 Å². The molecule has 3 rings (SSSR count). The number of carbonyl (C=O) groups excluding carboxylic acids is 1. The molecule has 144 valence electrons. The summed E-state index contributed by atoms with van der Waals surface area (Å²) in [5.41, 5.74) is 1.41. The van der Waals surface area contributed by atoms with Gasteiger partial charge in [0.15, 0.2) is 0 Å². The zero-order valence-corrected chi connectivity index (χ0v) is 16.0. The SMILES string of the molecule is Cc1ccc(CNC(=O)Cn2cccc(S(=O)(=O)N3CCCC3)c2=O)cc1. The van der Waals surface area contributed by atoms with Crippen LogP contribution in [0.15, 0.2) is 52.3 Å². The summed E-state index contributed by atoms with van der Waals surface area (Å²) in [5.74, 6) is -0.353. The van der Waals surface area contributed by atoms with Crippen LogP contribution in [-0.4, -0.2) is 36.3 Å². The van der Waals surface area contributed by atoms with Crippen molar-refractivity contribution >= 4 is 15.9 Å². The van der Waals surface area contributed by atoms with Crippen LogP contribution in [0.4, 0.5) is 0 Å². The first-order valence-corrected chi connectivity index (χ1v) is 10.3. The van der Waals surface area contributed by atoms with Gasteiger partial charge in [-0.2, -0.15) is 4.31 Å². The highest BCUT2D eigenvalue weighted by Gasteiger charge is 2.29. The van der Waals surface area contributed by atoms with Crippen LogP contribution in [0.3, 0.4) is 0 Å². The van der Waals surface area contributed by atoms with Crippen LogP contribution < -0.4 is 10.9 Å². The molecule has 8 heteroatoms. The zero-order chi connectivity index (χ0) is 19.4. The van der Waals surface area contributed by atoms with Gasteiger partial charge in [0.2, 0.25) is 15.9 Å². The van der Waals surface area contributed by atoms with Crippen LogP contribution in [0.5, 0.6) is 0 Å². The molecule has 0 radical (unpaired) electrons. The van der Waals surface area contributed by atoms with Crippen LogP contribution in [0, 0.1) is 6.92 Å². The van der Waals surface area contributed by atoms with E-state index in [4.69, 9.17) is 0 Å². The van der Waals surface area contributed by atoms with Gasteiger partial charge < -0.3 is 9.88 Å². The number of hydrogen-bond acceptors (Lipinski definition) is 4. The standard InChI is InChI=1S/C19H23N3O4S/c1-15-6-8-16(9-7-15)13-20-18(23)14-21-10-4-5-17(19(21)24)27(25,26)22-11-2-3-12-22/h4-10H,2-3,11-14H2,1H3,(H,20,23). The summed E-state index contributed by atoms with van der Waals surface area (Å²) in [4.78, 5) is 24.5. The van der Waals surface area contributed by atoms with Crippen LogP contribution in [-0.2, 0) is 27.9 Å². The number of rotatable bonds is 6. The molecule has 0 unspecified atom stereocenters. The Balaban J connectivity index is 1.71. The van der Waals surface area contributed by atoms with Gasteiger partial charge in [0.1, 0.15) is 11.4 Å². The molecule has 0 spiro atoms. The third kappa shape index (κ3) is 4.45. The fourth-order valence-corrected chi connectivity index (χ4v) is 4.63. The maximum Gasteiger partial charge on any atom is 0.271 e. The maximum atomic E-state index is 12.6. The first kappa shape index (κ1) is 19.3. The Kier molecular flexibility index (Phi) is 5.76. The average molecular weight is 389 g/mol. The predicted octanol–water partition coefficient (Wildman–Crippen LogP) is 1.26. The monoisotopic (exact) mass is 389 g/mol. The Morgan fingerprint density at radius 2 is 1.78 bits per heavy atom. The van der Waals surface area contributed by atoms with E-state index in [1.54, 1.807) is 0 Å². The van der Waals surface area contributed by atoms with Gasteiger partial charge in [-0.1, -0.05) is 29.8 Å². The van der Waals surface area contributed by atoms with Crippen molar-refractivity contribution in [3.05, 3.63) is 64.1 Å². The van der Waals surface area contributed by atoms with Gasteiger partial charge >= 0.3 is 0 Å². The third-order valence-electron chi connectivity index (χ3n) is 4.59. The molecule has 2 heterocycles. The number of nitrogens with one attached hydrogen (secondary N) is 1. The Morgan fingerprint density at radius 1 is 1.11 bits per heavy atom. The molecule has 1 fully saturated rings. The lowest BCUT2D eigenvalue weighted by molar-refractivity contribution is -0.121. The van der Waals surface area contributed by atoms with Crippen molar-refractivity contribution in [3.8, 4) is 0 Å². The molecule has 27 heavy (non-hydrogen) atoms. The number of aromatic nitrogens is 1. The highest BCUT2D eigenvalue weighted by molar-refractivity contribution is 7.89. The van der Waals surface area contributed by atoms with Crippen molar-refractivity contribution in [1.29, 1.82) is 0 Å². The number of pyridine rings is 1. The van der Waals surface area contributed by atoms with E-state index in [2.05, 4.69) is 5.32 Å². The zero-order valence-electron chi connectivity index (χ0n) is 15.2. The van der Waals surface area contributed by atoms with E-state index < -0.39 is 15.6 Å². The summed E-state index contributed by atoms with van der Waals surface area (Å²) >= 11 is 0. The van der Waals surface area contributed by atoms with E-state index in [0.717, 1.165) is 28.5 Å². The van der Waals surface area contributed by atoms with E-state index in [0.29, 0.717) is 19.6 Å². The molecule has 0 atom stereocenters. The van der Waals surface area contributed by atoms with E-state index in [1.807, 2.05) is 31.2 Å². The Labute approximate surface area is 158 Å². The molecule has 1 N–H and O–H groups in total. The van der Waals surface area contributed by atoms with Crippen molar-refractivity contribution in [1.82, 2.24) is 14.2 Å². The van der Waals surface area contributed by atoms with Crippen molar-refractivity contribution in [3.63, 3.8) is 0 Å². The lowest BCUT2D eigenvalue weighted by Gasteiger charge is -2.16. The summed E-state index contributed by atoms with van der Waals surface area (Å²) in [5, 5.41) is 2.75. The average Bonchev–Trinajstić information content (AvgIpc) is 3.18. The number of sulfonamides is 1. The number of hydrogen-bond donors (Lipinski definition) is 1. The minimum absolute atomic E-state index is 0.228. The quantitative estimate of drug-likeness (QED) is 0.806. The summed E-state index contributed by atoms with van der Waals surface area (Å²) in [6, 6.07) is 10.5. The van der Waals surface area contributed by atoms with Crippen molar-refractivity contribution < 1.29 is 13.2 Å². The molecule has 1 amide bonds. The molecule has 2 aromatic rings. The fourth-order valence-electron chi connectivity index (χ4n) is 3.02. The van der Waals surface area contributed by atoms with Crippen LogP contribution in [0.1, 0.15) is 24.0 Å². The summed E-state index contributed by atoms with van der Waals surface area (Å²) < 4.78 is 27.7. The molecule has 0 aliphatic carbocycles. The second-order valence-electron chi connectivity index (χ2n) is 6.68. The van der Waals surface area contributed by atoms with Gasteiger partial charge in [0.25, 0.3) is 5.56 Å². The minimum Gasteiger partial charge on any atom is -0.350 e. The topological polar surface area (TPSA) is 88.5 Å². The summed E-state index contributed by atoms with van der Waals surface area (Å²) in [7, 11) is -3.82. The van der Waals surface area contributed by atoms with Gasteiger partial charge in [0.05, 0.1) is 0 Å². The minimum atomic E-state index is -3.82. The van der Waals surface area contributed by atoms with Crippen LogP contribution in [0.25, 0.3) is 0 Å². The molecule has 7 nitrogen and oxygen atoms in total. The van der Waals surface area contributed by atoms with Crippen molar-refractivity contribution in [2.75, 3.05) is 13.1 Å². The predicted molar refractivity (Wildman–Crippen MR) is 102 cm³/mol. The Morgan fingerprint density at radius 3 is 2.44 bits per heavy atom. The number of amides is 1. The molecule has 1 aliphatic rings. The normalized spacial score (nSPS) is 15.0. The lowest BCUT2D eigenvalue weighted by atomic mass is 10.1. The highest BCUT2D eigenvalue weighted by Crippen LogP contribution is 2.18. The molecular formula is C19H23N3O4S. The third-order valence-corrected chi connectivity index (χ3v) is 6.50. The summed E-state index contributed by atoms with van der Waals surface area (Å²) in [6.07, 6.45) is 3.01. The summed E-state index contributed by atoms with van der Waals surface area (Å²) in [6.45, 7) is 2.95. The fraction of sp³-hybridized carbons (Fsp3) is 0.368. The van der Waals surface area contributed by atoms with Crippen LogP contribution in [0.2, 0.25) is 0 Å². The van der Waals surface area contributed by atoms with E-state index >= 15 is 0 Å². The number of nitrogens with zero attached hydrogens (tertiary/aromatic N) is 2. The number of aryl methyl sites for hydroxylation is 1. The lowest BCUT2D eigenvalue weighted by Crippen LogP contribution is -2.37. The van der Waals surface area contributed by atoms with Gasteiger partial charge in [-0.15, -0.1) is 0 Å². The molecule has 1 aliphatic heterocycles. The van der Waals surface area contributed by atoms with Crippen molar-refractivity contribution in [2.24, 2.45) is 0 Å². The molecule has 0 saturated carbocycles.